The van der Waals surface area contributed by atoms with Gasteiger partial charge in [-0.3, -0.25) is 4.98 Å². The predicted octanol–water partition coefficient (Wildman–Crippen LogP) is 1.67. The van der Waals surface area contributed by atoms with Crippen molar-refractivity contribution in [3.05, 3.63) is 30.4 Å². The molecule has 0 amide bonds. The van der Waals surface area contributed by atoms with Gasteiger partial charge in [0.2, 0.25) is 11.7 Å². The summed E-state index contributed by atoms with van der Waals surface area (Å²) in [6.45, 7) is 2.25. The molecular formula is C13H16N4O. The first kappa shape index (κ1) is 11.3. The topological polar surface area (TPSA) is 63.8 Å². The summed E-state index contributed by atoms with van der Waals surface area (Å²) in [4.78, 5) is 8.45. The molecule has 1 unspecified atom stereocenters. The third kappa shape index (κ3) is 2.56. The van der Waals surface area contributed by atoms with Gasteiger partial charge in [0.1, 0.15) is 0 Å². The minimum Gasteiger partial charge on any atom is -0.339 e. The van der Waals surface area contributed by atoms with Gasteiger partial charge in [-0.15, -0.1) is 0 Å². The predicted molar refractivity (Wildman–Crippen MR) is 66.8 cm³/mol. The fourth-order valence-corrected chi connectivity index (χ4v) is 2.26. The normalized spacial score (nSPS) is 19.2. The minimum atomic E-state index is 0.627. The molecule has 2 aromatic heterocycles. The molecule has 1 atom stereocenters. The highest BCUT2D eigenvalue weighted by molar-refractivity contribution is 5.51. The van der Waals surface area contributed by atoms with E-state index in [0.717, 1.165) is 43.3 Å². The number of nitrogens with one attached hydrogen (secondary N) is 1. The lowest BCUT2D eigenvalue weighted by Crippen LogP contribution is -2.09. The Morgan fingerprint density at radius 1 is 1.44 bits per heavy atom. The molecule has 18 heavy (non-hydrogen) atoms. The zero-order valence-corrected chi connectivity index (χ0v) is 10.2. The van der Waals surface area contributed by atoms with Gasteiger partial charge in [0, 0.05) is 24.4 Å². The summed E-state index contributed by atoms with van der Waals surface area (Å²) in [7, 11) is 0. The average Bonchev–Trinajstić information content (AvgIpc) is 3.09. The van der Waals surface area contributed by atoms with Crippen LogP contribution >= 0.6 is 0 Å². The van der Waals surface area contributed by atoms with Crippen LogP contribution in [-0.2, 0) is 6.42 Å². The highest BCUT2D eigenvalue weighted by atomic mass is 16.5. The van der Waals surface area contributed by atoms with Crippen molar-refractivity contribution in [1.82, 2.24) is 20.4 Å². The molecule has 3 heterocycles. The maximum atomic E-state index is 5.27. The van der Waals surface area contributed by atoms with Gasteiger partial charge in [0.15, 0.2) is 0 Å². The molecule has 0 spiro atoms. The molecule has 1 aliphatic rings. The van der Waals surface area contributed by atoms with E-state index in [2.05, 4.69) is 20.4 Å². The van der Waals surface area contributed by atoms with Crippen LogP contribution in [0.2, 0.25) is 0 Å². The van der Waals surface area contributed by atoms with Crippen LogP contribution in [0.4, 0.5) is 0 Å². The first-order valence-corrected chi connectivity index (χ1v) is 6.35. The standard InChI is InChI=1S/C13H16N4O/c1-2-11(9-14-6-1)13-16-12(18-17-13)4-3-10-5-7-15-8-10/h1-2,6,9-10,15H,3-5,7-8H2. The fourth-order valence-electron chi connectivity index (χ4n) is 2.26. The van der Waals surface area contributed by atoms with Crippen LogP contribution in [-0.4, -0.2) is 28.2 Å². The monoisotopic (exact) mass is 244 g/mol. The SMILES string of the molecule is c1cncc(-c2noc(CCC3CCNC3)n2)c1. The van der Waals surface area contributed by atoms with E-state index in [1.165, 1.54) is 6.42 Å². The largest absolute Gasteiger partial charge is 0.339 e. The van der Waals surface area contributed by atoms with Crippen molar-refractivity contribution in [3.63, 3.8) is 0 Å². The zero-order chi connectivity index (χ0) is 12.2. The van der Waals surface area contributed by atoms with Crippen LogP contribution < -0.4 is 5.32 Å². The lowest BCUT2D eigenvalue weighted by Gasteiger charge is -2.03. The van der Waals surface area contributed by atoms with Gasteiger partial charge in [-0.05, 0) is 44.0 Å². The quantitative estimate of drug-likeness (QED) is 0.886. The molecule has 0 radical (unpaired) electrons. The number of pyridine rings is 1. The Balaban J connectivity index is 1.63. The molecule has 1 aliphatic heterocycles. The van der Waals surface area contributed by atoms with Crippen molar-refractivity contribution in [2.24, 2.45) is 5.92 Å². The number of aryl methyl sites for hydroxylation is 1. The number of rotatable bonds is 4. The Morgan fingerprint density at radius 3 is 3.22 bits per heavy atom. The summed E-state index contributed by atoms with van der Waals surface area (Å²) in [6, 6.07) is 3.80. The fraction of sp³-hybridized carbons (Fsp3) is 0.462. The molecule has 0 bridgehead atoms. The molecule has 0 aromatic carbocycles. The Labute approximate surface area is 106 Å². The first-order valence-electron chi connectivity index (χ1n) is 6.35. The summed E-state index contributed by atoms with van der Waals surface area (Å²) in [5.74, 6) is 2.10. The van der Waals surface area contributed by atoms with Crippen LogP contribution in [0.1, 0.15) is 18.7 Å². The van der Waals surface area contributed by atoms with Gasteiger partial charge in [0.25, 0.3) is 0 Å². The molecule has 2 aromatic rings. The summed E-state index contributed by atoms with van der Waals surface area (Å²) >= 11 is 0. The van der Waals surface area contributed by atoms with E-state index < -0.39 is 0 Å². The number of aromatic nitrogens is 3. The molecule has 5 heteroatoms. The Kier molecular flexibility index (Phi) is 3.32. The minimum absolute atomic E-state index is 0.627. The Hall–Kier alpha value is -1.75. The van der Waals surface area contributed by atoms with E-state index in [9.17, 15) is 0 Å². The summed E-state index contributed by atoms with van der Waals surface area (Å²) in [5.41, 5.74) is 0.898. The molecule has 1 N–H and O–H groups in total. The Morgan fingerprint density at radius 2 is 2.44 bits per heavy atom. The van der Waals surface area contributed by atoms with Crippen LogP contribution in [0.15, 0.2) is 29.0 Å². The smallest absolute Gasteiger partial charge is 0.226 e. The number of nitrogens with zero attached hydrogens (tertiary/aromatic N) is 3. The molecule has 94 valence electrons. The lowest BCUT2D eigenvalue weighted by molar-refractivity contribution is 0.365. The zero-order valence-electron chi connectivity index (χ0n) is 10.2. The van der Waals surface area contributed by atoms with Crippen LogP contribution in [0.3, 0.4) is 0 Å². The van der Waals surface area contributed by atoms with Gasteiger partial charge < -0.3 is 9.84 Å². The van der Waals surface area contributed by atoms with Crippen molar-refractivity contribution < 1.29 is 4.52 Å². The van der Waals surface area contributed by atoms with Crippen molar-refractivity contribution in [1.29, 1.82) is 0 Å². The molecule has 0 aliphatic carbocycles. The highest BCUT2D eigenvalue weighted by Crippen LogP contribution is 2.18. The van der Waals surface area contributed by atoms with E-state index in [1.807, 2.05) is 12.1 Å². The van der Waals surface area contributed by atoms with Gasteiger partial charge in [-0.1, -0.05) is 5.16 Å². The van der Waals surface area contributed by atoms with E-state index in [4.69, 9.17) is 4.52 Å². The van der Waals surface area contributed by atoms with E-state index in [0.29, 0.717) is 5.82 Å². The molecular weight excluding hydrogens is 228 g/mol. The van der Waals surface area contributed by atoms with Gasteiger partial charge >= 0.3 is 0 Å². The van der Waals surface area contributed by atoms with Crippen LogP contribution in [0, 0.1) is 5.92 Å². The lowest BCUT2D eigenvalue weighted by atomic mass is 10.0. The molecule has 5 nitrogen and oxygen atoms in total. The number of hydrogen-bond donors (Lipinski definition) is 1. The van der Waals surface area contributed by atoms with E-state index >= 15 is 0 Å². The van der Waals surface area contributed by atoms with Gasteiger partial charge in [-0.2, -0.15) is 4.98 Å². The maximum Gasteiger partial charge on any atom is 0.226 e. The van der Waals surface area contributed by atoms with Crippen LogP contribution in [0.5, 0.6) is 0 Å². The molecule has 1 fully saturated rings. The first-order chi connectivity index (χ1) is 8.92. The highest BCUT2D eigenvalue weighted by Gasteiger charge is 2.16. The van der Waals surface area contributed by atoms with Gasteiger partial charge in [0.05, 0.1) is 0 Å². The van der Waals surface area contributed by atoms with E-state index in [-0.39, 0.29) is 0 Å². The number of hydrogen-bond acceptors (Lipinski definition) is 5. The van der Waals surface area contributed by atoms with Crippen molar-refractivity contribution in [2.75, 3.05) is 13.1 Å². The maximum absolute atomic E-state index is 5.27. The van der Waals surface area contributed by atoms with Crippen molar-refractivity contribution >= 4 is 0 Å². The molecule has 1 saturated heterocycles. The molecule has 3 rings (SSSR count). The average molecular weight is 244 g/mol. The molecule has 0 saturated carbocycles. The summed E-state index contributed by atoms with van der Waals surface area (Å²) in [6.07, 6.45) is 6.71. The van der Waals surface area contributed by atoms with E-state index in [1.54, 1.807) is 12.4 Å². The second kappa shape index (κ2) is 5.27. The van der Waals surface area contributed by atoms with Crippen molar-refractivity contribution in [3.8, 4) is 11.4 Å². The second-order valence-corrected chi connectivity index (χ2v) is 4.65. The van der Waals surface area contributed by atoms with Crippen LogP contribution in [0.25, 0.3) is 11.4 Å². The summed E-state index contributed by atoms with van der Waals surface area (Å²) in [5, 5.41) is 7.35. The third-order valence-electron chi connectivity index (χ3n) is 3.32. The third-order valence-corrected chi connectivity index (χ3v) is 3.32. The van der Waals surface area contributed by atoms with Crippen molar-refractivity contribution in [2.45, 2.75) is 19.3 Å². The van der Waals surface area contributed by atoms with Gasteiger partial charge in [-0.25, -0.2) is 0 Å². The summed E-state index contributed by atoms with van der Waals surface area (Å²) < 4.78 is 5.27. The Bertz CT molecular complexity index is 491. The second-order valence-electron chi connectivity index (χ2n) is 4.65.